The predicted molar refractivity (Wildman–Crippen MR) is 204 cm³/mol. The zero-order valence-electron chi connectivity index (χ0n) is 32.4. The van der Waals surface area contributed by atoms with Crippen LogP contribution >= 0.6 is 11.8 Å². The number of para-hydroxylation sites is 1. The molecule has 3 N–H and O–H groups in total. The Morgan fingerprint density at radius 3 is 2.41 bits per heavy atom. The van der Waals surface area contributed by atoms with Gasteiger partial charge >= 0.3 is 16.3 Å². The van der Waals surface area contributed by atoms with Crippen molar-refractivity contribution in [3.63, 3.8) is 0 Å². The molecule has 1 aromatic carbocycles. The first-order valence-electron chi connectivity index (χ1n) is 18.6. The molecule has 3 fully saturated rings. The predicted octanol–water partition coefficient (Wildman–Crippen LogP) is 3.99. The second-order valence-corrected chi connectivity index (χ2v) is 18.2. The number of rotatable bonds is 14. The summed E-state index contributed by atoms with van der Waals surface area (Å²) in [7, 11) is -1.56. The maximum absolute atomic E-state index is 14.6. The molecule has 2 heterocycles. The number of carbonyl (C=O) groups is 4. The number of ether oxygens (including phenoxy) is 3. The van der Waals surface area contributed by atoms with Gasteiger partial charge in [-0.3, -0.25) is 14.4 Å². The Kier molecular flexibility index (Phi) is 12.6. The number of nitrogens with zero attached hydrogens (tertiary/aromatic N) is 3. The quantitative estimate of drug-likeness (QED) is 0.235. The number of hydrogen-bond donors (Lipinski definition) is 3. The Hall–Kier alpha value is -3.83. The topological polar surface area (TPSA) is 186 Å². The fourth-order valence-electron chi connectivity index (χ4n) is 7.24. The van der Waals surface area contributed by atoms with Crippen LogP contribution in [0.25, 0.3) is 10.9 Å². The van der Waals surface area contributed by atoms with E-state index >= 15 is 0 Å². The van der Waals surface area contributed by atoms with Gasteiger partial charge in [-0.15, -0.1) is 11.8 Å². The molecule has 5 atom stereocenters. The number of nitrogens with one attached hydrogen (secondary N) is 3. The summed E-state index contributed by atoms with van der Waals surface area (Å²) in [5.41, 5.74) is -1.60. The number of pyridine rings is 1. The lowest BCUT2D eigenvalue weighted by molar-refractivity contribution is -0.143. The van der Waals surface area contributed by atoms with E-state index in [2.05, 4.69) is 15.4 Å². The molecule has 4 amide bonds. The van der Waals surface area contributed by atoms with Gasteiger partial charge in [-0.2, -0.15) is 12.7 Å². The number of carbonyl (C=O) groups excluding carboxylic acids is 4. The van der Waals surface area contributed by atoms with Crippen LogP contribution in [-0.4, -0.2) is 110 Å². The highest BCUT2D eigenvalue weighted by Gasteiger charge is 2.62. The molecule has 298 valence electrons. The van der Waals surface area contributed by atoms with Gasteiger partial charge in [0.2, 0.25) is 17.7 Å². The van der Waals surface area contributed by atoms with Crippen molar-refractivity contribution in [2.75, 3.05) is 33.5 Å². The van der Waals surface area contributed by atoms with E-state index in [0.29, 0.717) is 30.2 Å². The molecule has 1 saturated heterocycles. The summed E-state index contributed by atoms with van der Waals surface area (Å²) < 4.78 is 46.3. The van der Waals surface area contributed by atoms with E-state index in [1.807, 2.05) is 59.1 Å². The van der Waals surface area contributed by atoms with Crippen LogP contribution in [0.1, 0.15) is 79.6 Å². The Morgan fingerprint density at radius 2 is 1.81 bits per heavy atom. The molecule has 1 aromatic heterocycles. The van der Waals surface area contributed by atoms with Gasteiger partial charge in [-0.05, 0) is 68.7 Å². The summed E-state index contributed by atoms with van der Waals surface area (Å²) in [6, 6.07) is 5.21. The summed E-state index contributed by atoms with van der Waals surface area (Å²) in [6.07, 6.45) is 4.52. The lowest BCUT2D eigenvalue weighted by Crippen LogP contribution is -2.60. The molecule has 0 unspecified atom stereocenters. The van der Waals surface area contributed by atoms with Crippen LogP contribution in [0.3, 0.4) is 0 Å². The minimum atomic E-state index is -4.14. The monoisotopic (exact) mass is 790 g/mol. The highest BCUT2D eigenvalue weighted by molar-refractivity contribution is 7.98. The van der Waals surface area contributed by atoms with E-state index in [4.69, 9.17) is 19.2 Å². The second-order valence-electron chi connectivity index (χ2n) is 15.5. The molecule has 0 spiro atoms. The van der Waals surface area contributed by atoms with Crippen LogP contribution in [0.2, 0.25) is 0 Å². The molecule has 2 aliphatic carbocycles. The molecule has 15 nitrogen and oxygen atoms in total. The highest BCUT2D eigenvalue weighted by atomic mass is 32.2. The third-order valence-corrected chi connectivity index (χ3v) is 12.6. The van der Waals surface area contributed by atoms with E-state index in [1.54, 1.807) is 6.07 Å². The van der Waals surface area contributed by atoms with Gasteiger partial charge in [-0.1, -0.05) is 40.2 Å². The first kappa shape index (κ1) is 41.3. The van der Waals surface area contributed by atoms with E-state index in [-0.39, 0.29) is 31.4 Å². The summed E-state index contributed by atoms with van der Waals surface area (Å²) in [5.74, 6) is -1.51. The van der Waals surface area contributed by atoms with Crippen molar-refractivity contribution >= 4 is 56.7 Å². The molecule has 5 rings (SSSR count). The average molecular weight is 791 g/mol. The first-order valence-corrected chi connectivity index (χ1v) is 21.2. The van der Waals surface area contributed by atoms with Gasteiger partial charge in [0.25, 0.3) is 5.91 Å². The standard InChI is InChI=1S/C37H54N6O9S2/c1-9-22-20-37(22,34(46)41-54(48,49)42(6)7)40-32(44)26-18-24(51-27-19-29(50-10-2)38-30-25(27)16-13-17-28(30)53-8)21-43(26)33(45)31(36(3,4)5)39-35(47)52-23-14-11-12-15-23/h13,16-17,19,22-24,26,31H,9-12,14-15,18,20-21H2,1-8H3,(H,39,47)(H,40,44)(H,41,46)/t22-,24-,26-,31-,37-/m1/s1. The number of benzene rings is 1. The molecular weight excluding hydrogens is 737 g/mol. The van der Waals surface area contributed by atoms with E-state index in [0.717, 1.165) is 40.3 Å². The van der Waals surface area contributed by atoms with Gasteiger partial charge in [0, 0.05) is 36.9 Å². The van der Waals surface area contributed by atoms with Crippen LogP contribution < -0.4 is 24.8 Å². The number of likely N-dealkylation sites (tertiary alicyclic amines) is 1. The van der Waals surface area contributed by atoms with Gasteiger partial charge in [0.1, 0.15) is 35.6 Å². The number of hydrogen-bond acceptors (Lipinski definition) is 11. The fraction of sp³-hybridized carbons (Fsp3) is 0.649. The van der Waals surface area contributed by atoms with Crippen molar-refractivity contribution in [1.29, 1.82) is 0 Å². The molecule has 0 radical (unpaired) electrons. The van der Waals surface area contributed by atoms with Crippen molar-refractivity contribution in [2.24, 2.45) is 11.3 Å². The third kappa shape index (κ3) is 8.99. The van der Waals surface area contributed by atoms with Crippen molar-refractivity contribution in [3.8, 4) is 11.6 Å². The maximum Gasteiger partial charge on any atom is 0.408 e. The molecule has 2 aromatic rings. The van der Waals surface area contributed by atoms with E-state index in [9.17, 15) is 27.6 Å². The molecule has 2 saturated carbocycles. The van der Waals surface area contributed by atoms with Gasteiger partial charge in [-0.25, -0.2) is 14.5 Å². The average Bonchev–Trinajstić information content (AvgIpc) is 3.37. The van der Waals surface area contributed by atoms with Crippen molar-refractivity contribution < 1.29 is 41.8 Å². The minimum Gasteiger partial charge on any atom is -0.488 e. The fourth-order valence-corrected chi connectivity index (χ4v) is 8.41. The van der Waals surface area contributed by atoms with Gasteiger partial charge < -0.3 is 29.7 Å². The molecule has 54 heavy (non-hydrogen) atoms. The SMILES string of the molecule is CCOc1cc(O[C@@H]2C[C@H](C(=O)N[C@]3(C(=O)NS(=O)(=O)N(C)C)C[C@H]3CC)N(C(=O)[C@@H](NC(=O)OC3CCCC3)C(C)(C)C)C2)c2cccc(SC)c2n1. The Bertz CT molecular complexity index is 1850. The number of alkyl carbamates (subject to hydrolysis) is 1. The van der Waals surface area contributed by atoms with Crippen molar-refractivity contribution in [2.45, 2.75) is 114 Å². The van der Waals surface area contributed by atoms with Crippen LogP contribution in [0, 0.1) is 11.3 Å². The first-order chi connectivity index (χ1) is 25.4. The Labute approximate surface area is 322 Å². The molecule has 17 heteroatoms. The minimum absolute atomic E-state index is 0.0235. The lowest BCUT2D eigenvalue weighted by atomic mass is 9.85. The molecule has 1 aliphatic heterocycles. The van der Waals surface area contributed by atoms with Crippen LogP contribution in [0.15, 0.2) is 29.2 Å². The summed E-state index contributed by atoms with van der Waals surface area (Å²) >= 11 is 1.53. The highest BCUT2D eigenvalue weighted by Crippen LogP contribution is 2.47. The normalized spacial score (nSPS) is 23.6. The second kappa shape index (κ2) is 16.5. The largest absolute Gasteiger partial charge is 0.488 e. The maximum atomic E-state index is 14.6. The van der Waals surface area contributed by atoms with Crippen LogP contribution in [0.4, 0.5) is 4.79 Å². The van der Waals surface area contributed by atoms with Gasteiger partial charge in [0.15, 0.2) is 0 Å². The molecular formula is C37H54N6O9S2. The zero-order valence-corrected chi connectivity index (χ0v) is 34.0. The smallest absolute Gasteiger partial charge is 0.408 e. The summed E-state index contributed by atoms with van der Waals surface area (Å²) in [5, 5.41) is 6.36. The Morgan fingerprint density at radius 1 is 1.11 bits per heavy atom. The van der Waals surface area contributed by atoms with E-state index < -0.39 is 63.2 Å². The van der Waals surface area contributed by atoms with Gasteiger partial charge in [0.05, 0.1) is 18.7 Å². The van der Waals surface area contributed by atoms with E-state index in [1.165, 1.54) is 30.8 Å². The van der Waals surface area contributed by atoms with Crippen LogP contribution in [-0.2, 0) is 29.3 Å². The molecule has 0 bridgehead atoms. The number of aromatic nitrogens is 1. The summed E-state index contributed by atoms with van der Waals surface area (Å²) in [6.45, 7) is 9.49. The summed E-state index contributed by atoms with van der Waals surface area (Å²) in [4.78, 5) is 62.7. The van der Waals surface area contributed by atoms with Crippen molar-refractivity contribution in [1.82, 2.24) is 29.5 Å². The van der Waals surface area contributed by atoms with Crippen molar-refractivity contribution in [3.05, 3.63) is 24.3 Å². The Balaban J connectivity index is 1.48. The molecule has 3 aliphatic rings. The zero-order chi connectivity index (χ0) is 39.6. The van der Waals surface area contributed by atoms with Crippen LogP contribution in [0.5, 0.6) is 11.6 Å². The number of thioether (sulfide) groups is 1. The lowest BCUT2D eigenvalue weighted by Gasteiger charge is -2.35. The number of fused-ring (bicyclic) bond motifs is 1. The third-order valence-electron chi connectivity index (χ3n) is 10.4. The number of amides is 4.